The summed E-state index contributed by atoms with van der Waals surface area (Å²) in [6, 6.07) is 1.74. The molecule has 1 amide bonds. The first-order valence-corrected chi connectivity index (χ1v) is 7.10. The molecule has 0 heterocycles. The second-order valence-corrected chi connectivity index (χ2v) is 5.23. The molecule has 1 aliphatic carbocycles. The Morgan fingerprint density at radius 1 is 1.20 bits per heavy atom. The molecule has 0 saturated heterocycles. The molecule has 2 rings (SSSR count). The van der Waals surface area contributed by atoms with Crippen molar-refractivity contribution in [2.45, 2.75) is 31.7 Å². The molecule has 0 aliphatic heterocycles. The van der Waals surface area contributed by atoms with Crippen LogP contribution in [0.4, 0.5) is 13.2 Å². The van der Waals surface area contributed by atoms with Crippen LogP contribution < -0.4 is 0 Å². The topological polar surface area (TPSA) is 20.3 Å². The predicted octanol–water partition coefficient (Wildman–Crippen LogP) is 3.73. The summed E-state index contributed by atoms with van der Waals surface area (Å²) in [5, 5.41) is 0. The van der Waals surface area contributed by atoms with Gasteiger partial charge < -0.3 is 4.90 Å². The van der Waals surface area contributed by atoms with Crippen molar-refractivity contribution in [3.05, 3.63) is 35.1 Å². The van der Waals surface area contributed by atoms with Crippen molar-refractivity contribution in [1.29, 1.82) is 0 Å². The third-order valence-corrected chi connectivity index (χ3v) is 3.79. The third kappa shape index (κ3) is 2.92. The highest BCUT2D eigenvalue weighted by molar-refractivity contribution is 6.18. The third-order valence-electron chi connectivity index (χ3n) is 3.62. The molecular formula is C14H15ClF3NO. The number of carbonyl (C=O) groups is 1. The van der Waals surface area contributed by atoms with Gasteiger partial charge in [-0.2, -0.15) is 0 Å². The Labute approximate surface area is 120 Å². The zero-order chi connectivity index (χ0) is 14.7. The number of amides is 1. The normalized spacial score (nSPS) is 15.6. The number of carbonyl (C=O) groups excluding carboxylic acids is 1. The minimum Gasteiger partial charge on any atom is -0.334 e. The molecule has 0 unspecified atom stereocenters. The number of hydrogen-bond acceptors (Lipinski definition) is 1. The molecule has 0 N–H and O–H groups in total. The molecule has 20 heavy (non-hydrogen) atoms. The molecule has 6 heteroatoms. The van der Waals surface area contributed by atoms with Crippen LogP contribution >= 0.6 is 11.6 Å². The molecule has 0 atom stereocenters. The zero-order valence-corrected chi connectivity index (χ0v) is 11.6. The number of alkyl halides is 1. The molecule has 0 aromatic heterocycles. The maximum Gasteiger partial charge on any atom is 0.257 e. The quantitative estimate of drug-likeness (QED) is 0.613. The maximum absolute atomic E-state index is 13.7. The second kappa shape index (κ2) is 6.48. The molecule has 0 radical (unpaired) electrons. The predicted molar refractivity (Wildman–Crippen MR) is 70.3 cm³/mol. The summed E-state index contributed by atoms with van der Waals surface area (Å²) in [7, 11) is 0. The number of hydrogen-bond donors (Lipinski definition) is 0. The minimum atomic E-state index is -1.62. The smallest absolute Gasteiger partial charge is 0.257 e. The van der Waals surface area contributed by atoms with Gasteiger partial charge in [0.05, 0.1) is 5.56 Å². The van der Waals surface area contributed by atoms with E-state index in [0.717, 1.165) is 37.8 Å². The Kier molecular flexibility index (Phi) is 4.91. The van der Waals surface area contributed by atoms with Gasteiger partial charge in [0.15, 0.2) is 17.5 Å². The van der Waals surface area contributed by atoms with Crippen LogP contribution in [0.25, 0.3) is 0 Å². The lowest BCUT2D eigenvalue weighted by molar-refractivity contribution is 0.0689. The number of nitrogens with zero attached hydrogens (tertiary/aromatic N) is 1. The number of benzene rings is 1. The van der Waals surface area contributed by atoms with E-state index in [4.69, 9.17) is 11.6 Å². The highest BCUT2D eigenvalue weighted by atomic mass is 35.5. The van der Waals surface area contributed by atoms with Crippen molar-refractivity contribution in [2.75, 3.05) is 12.4 Å². The molecule has 1 aliphatic rings. The molecule has 0 bridgehead atoms. The summed E-state index contributed by atoms with van der Waals surface area (Å²) < 4.78 is 39.8. The highest BCUT2D eigenvalue weighted by Crippen LogP contribution is 2.26. The van der Waals surface area contributed by atoms with Gasteiger partial charge in [-0.05, 0) is 25.0 Å². The molecule has 1 aromatic carbocycles. The Bertz CT molecular complexity index is 503. The van der Waals surface area contributed by atoms with Crippen molar-refractivity contribution in [1.82, 2.24) is 4.90 Å². The van der Waals surface area contributed by atoms with E-state index in [1.165, 1.54) is 4.90 Å². The summed E-state index contributed by atoms with van der Waals surface area (Å²) in [6.45, 7) is 0.267. The van der Waals surface area contributed by atoms with E-state index in [9.17, 15) is 18.0 Å². The summed E-state index contributed by atoms with van der Waals surface area (Å²) in [5.41, 5.74) is -0.444. The van der Waals surface area contributed by atoms with Gasteiger partial charge in [-0.15, -0.1) is 11.6 Å². The van der Waals surface area contributed by atoms with Gasteiger partial charge in [0.1, 0.15) is 0 Å². The first-order valence-electron chi connectivity index (χ1n) is 6.56. The summed E-state index contributed by atoms with van der Waals surface area (Å²) >= 11 is 5.68. The van der Waals surface area contributed by atoms with Crippen molar-refractivity contribution in [3.8, 4) is 0 Å². The monoisotopic (exact) mass is 305 g/mol. The van der Waals surface area contributed by atoms with Crippen LogP contribution in [0, 0.1) is 17.5 Å². The van der Waals surface area contributed by atoms with Gasteiger partial charge in [-0.3, -0.25) is 4.79 Å². The second-order valence-electron chi connectivity index (χ2n) is 4.85. The van der Waals surface area contributed by atoms with Crippen LogP contribution in [0.5, 0.6) is 0 Å². The number of rotatable bonds is 4. The van der Waals surface area contributed by atoms with Crippen LogP contribution in [0.1, 0.15) is 36.0 Å². The molecular weight excluding hydrogens is 291 g/mol. The Morgan fingerprint density at radius 3 is 2.45 bits per heavy atom. The fraction of sp³-hybridized carbons (Fsp3) is 0.500. The van der Waals surface area contributed by atoms with Gasteiger partial charge in [0.25, 0.3) is 5.91 Å². The maximum atomic E-state index is 13.7. The van der Waals surface area contributed by atoms with Gasteiger partial charge >= 0.3 is 0 Å². The zero-order valence-electron chi connectivity index (χ0n) is 10.8. The van der Waals surface area contributed by atoms with Gasteiger partial charge in [-0.1, -0.05) is 12.8 Å². The lowest BCUT2D eigenvalue weighted by atomic mass is 10.1. The fourth-order valence-electron chi connectivity index (χ4n) is 2.60. The van der Waals surface area contributed by atoms with Crippen LogP contribution in [0.3, 0.4) is 0 Å². The largest absolute Gasteiger partial charge is 0.334 e. The number of halogens is 4. The first-order chi connectivity index (χ1) is 9.56. The van der Waals surface area contributed by atoms with Gasteiger partial charge in [-0.25, -0.2) is 13.2 Å². The minimum absolute atomic E-state index is 0.00577. The van der Waals surface area contributed by atoms with E-state index in [1.54, 1.807) is 0 Å². The Hall–Kier alpha value is -1.23. The van der Waals surface area contributed by atoms with Crippen LogP contribution in [-0.2, 0) is 0 Å². The van der Waals surface area contributed by atoms with E-state index in [2.05, 4.69) is 0 Å². The Balaban J connectivity index is 2.29. The van der Waals surface area contributed by atoms with E-state index in [0.29, 0.717) is 0 Å². The van der Waals surface area contributed by atoms with Crippen molar-refractivity contribution in [3.63, 3.8) is 0 Å². The first kappa shape index (κ1) is 15.2. The standard InChI is InChI=1S/C14H15ClF3NO/c15-7-8-19(9-3-1-2-4-9)14(20)10-5-6-11(16)13(18)12(10)17/h5-6,9H,1-4,7-8H2. The summed E-state index contributed by atoms with van der Waals surface area (Å²) in [6.07, 6.45) is 3.65. The molecule has 1 aromatic rings. The van der Waals surface area contributed by atoms with Gasteiger partial charge in [0, 0.05) is 18.5 Å². The fourth-order valence-corrected chi connectivity index (χ4v) is 2.78. The molecule has 1 fully saturated rings. The average molecular weight is 306 g/mol. The average Bonchev–Trinajstić information content (AvgIpc) is 2.95. The SMILES string of the molecule is O=C(c1ccc(F)c(F)c1F)N(CCCl)C1CCCC1. The Morgan fingerprint density at radius 2 is 1.85 bits per heavy atom. The van der Waals surface area contributed by atoms with E-state index in [-0.39, 0.29) is 18.5 Å². The van der Waals surface area contributed by atoms with Crippen molar-refractivity contribution >= 4 is 17.5 Å². The summed E-state index contributed by atoms with van der Waals surface area (Å²) in [4.78, 5) is 13.8. The van der Waals surface area contributed by atoms with Crippen molar-refractivity contribution < 1.29 is 18.0 Å². The molecule has 110 valence electrons. The molecule has 0 spiro atoms. The van der Waals surface area contributed by atoms with Gasteiger partial charge in [0.2, 0.25) is 0 Å². The van der Waals surface area contributed by atoms with Crippen LogP contribution in [-0.4, -0.2) is 29.3 Å². The lowest BCUT2D eigenvalue weighted by Gasteiger charge is -2.28. The molecule has 1 saturated carbocycles. The highest BCUT2D eigenvalue weighted by Gasteiger charge is 2.29. The van der Waals surface area contributed by atoms with Crippen LogP contribution in [0.15, 0.2) is 12.1 Å². The summed E-state index contributed by atoms with van der Waals surface area (Å²) in [5.74, 6) is -4.77. The van der Waals surface area contributed by atoms with E-state index in [1.807, 2.05) is 0 Å². The molecule has 2 nitrogen and oxygen atoms in total. The van der Waals surface area contributed by atoms with E-state index >= 15 is 0 Å². The lowest BCUT2D eigenvalue weighted by Crippen LogP contribution is -2.40. The van der Waals surface area contributed by atoms with Crippen molar-refractivity contribution in [2.24, 2.45) is 0 Å². The van der Waals surface area contributed by atoms with Crippen LogP contribution in [0.2, 0.25) is 0 Å². The van der Waals surface area contributed by atoms with E-state index < -0.39 is 28.9 Å².